The summed E-state index contributed by atoms with van der Waals surface area (Å²) in [6, 6.07) is 2.14. The molecule has 0 aliphatic rings. The van der Waals surface area contributed by atoms with E-state index in [1.165, 1.54) is 6.07 Å². The quantitative estimate of drug-likeness (QED) is 0.714. The van der Waals surface area contributed by atoms with Crippen LogP contribution in [-0.2, 0) is 0 Å². The molecule has 13 heavy (non-hydrogen) atoms. The van der Waals surface area contributed by atoms with Gasteiger partial charge >= 0.3 is 0 Å². The molecule has 0 unspecified atom stereocenters. The highest BCUT2D eigenvalue weighted by Gasteiger charge is 2.10. The third kappa shape index (κ3) is 2.05. The van der Waals surface area contributed by atoms with Gasteiger partial charge in [0.15, 0.2) is 11.6 Å². The summed E-state index contributed by atoms with van der Waals surface area (Å²) < 4.78 is 37.3. The second-order valence-corrected chi connectivity index (χ2v) is 2.44. The first-order valence-corrected chi connectivity index (χ1v) is 3.70. The van der Waals surface area contributed by atoms with E-state index in [2.05, 4.69) is 5.32 Å². The Morgan fingerprint density at radius 2 is 2.00 bits per heavy atom. The van der Waals surface area contributed by atoms with E-state index in [1.807, 2.05) is 0 Å². The van der Waals surface area contributed by atoms with Gasteiger partial charge in [0.05, 0.1) is 11.4 Å². The monoisotopic (exact) mass is 190 g/mol. The molecular weight excluding hydrogens is 181 g/mol. The van der Waals surface area contributed by atoms with Crippen LogP contribution in [0.4, 0.5) is 24.5 Å². The van der Waals surface area contributed by atoms with Gasteiger partial charge in [-0.3, -0.25) is 0 Å². The van der Waals surface area contributed by atoms with E-state index < -0.39 is 18.3 Å². The third-order valence-electron chi connectivity index (χ3n) is 1.52. The van der Waals surface area contributed by atoms with E-state index in [0.29, 0.717) is 0 Å². The van der Waals surface area contributed by atoms with Gasteiger partial charge in [0.2, 0.25) is 0 Å². The first-order valence-electron chi connectivity index (χ1n) is 3.70. The van der Waals surface area contributed by atoms with Crippen molar-refractivity contribution >= 4 is 11.4 Å². The molecule has 1 aromatic rings. The zero-order chi connectivity index (χ0) is 9.84. The minimum atomic E-state index is -1.08. The zero-order valence-corrected chi connectivity index (χ0v) is 6.78. The second-order valence-electron chi connectivity index (χ2n) is 2.44. The van der Waals surface area contributed by atoms with Crippen LogP contribution < -0.4 is 11.1 Å². The Labute approximate surface area is 73.5 Å². The summed E-state index contributed by atoms with van der Waals surface area (Å²) in [5.74, 6) is -2.08. The van der Waals surface area contributed by atoms with Crippen molar-refractivity contribution in [3.63, 3.8) is 0 Å². The van der Waals surface area contributed by atoms with Gasteiger partial charge in [-0.05, 0) is 12.1 Å². The molecule has 0 spiro atoms. The van der Waals surface area contributed by atoms with Gasteiger partial charge in [0.25, 0.3) is 0 Å². The highest BCUT2D eigenvalue weighted by atomic mass is 19.2. The lowest BCUT2D eigenvalue weighted by Gasteiger charge is -2.08. The molecule has 0 saturated carbocycles. The van der Waals surface area contributed by atoms with Crippen molar-refractivity contribution in [3.05, 3.63) is 23.8 Å². The molecule has 0 aliphatic carbocycles. The maximum absolute atomic E-state index is 12.9. The molecule has 5 heteroatoms. The Morgan fingerprint density at radius 1 is 1.31 bits per heavy atom. The van der Waals surface area contributed by atoms with Crippen LogP contribution in [0.15, 0.2) is 12.1 Å². The Kier molecular flexibility index (Phi) is 3.00. The number of nitrogens with two attached hydrogens (primary N) is 1. The summed E-state index contributed by atoms with van der Waals surface area (Å²) in [5, 5.41) is 2.36. The Morgan fingerprint density at radius 3 is 2.62 bits per heavy atom. The number of anilines is 2. The first kappa shape index (κ1) is 9.70. The number of nitrogens with one attached hydrogen (secondary N) is 1. The number of rotatable bonds is 3. The van der Waals surface area contributed by atoms with E-state index in [-0.39, 0.29) is 17.9 Å². The predicted octanol–water partition coefficient (Wildman–Crippen LogP) is 1.93. The predicted molar refractivity (Wildman–Crippen MR) is 45.2 cm³/mol. The Balaban J connectivity index is 2.96. The average molecular weight is 190 g/mol. The summed E-state index contributed by atoms with van der Waals surface area (Å²) >= 11 is 0. The van der Waals surface area contributed by atoms with Crippen LogP contribution in [-0.4, -0.2) is 13.2 Å². The topological polar surface area (TPSA) is 38.0 Å². The molecule has 0 aromatic heterocycles. The van der Waals surface area contributed by atoms with Crippen LogP contribution in [0.3, 0.4) is 0 Å². The van der Waals surface area contributed by atoms with Crippen LogP contribution >= 0.6 is 0 Å². The van der Waals surface area contributed by atoms with Gasteiger partial charge in [0.1, 0.15) is 6.67 Å². The van der Waals surface area contributed by atoms with Gasteiger partial charge in [-0.1, -0.05) is 0 Å². The summed E-state index contributed by atoms with van der Waals surface area (Å²) in [5.41, 5.74) is 5.22. The highest BCUT2D eigenvalue weighted by Crippen LogP contribution is 2.23. The standard InChI is InChI=1S/C8H9F3N2/c9-3-4-13-8-6(12)2-1-5(10)7(8)11/h1-2,13H,3-4,12H2. The van der Waals surface area contributed by atoms with Crippen LogP contribution in [0.1, 0.15) is 0 Å². The van der Waals surface area contributed by atoms with Crippen molar-refractivity contribution in [1.29, 1.82) is 0 Å². The minimum Gasteiger partial charge on any atom is -0.397 e. The van der Waals surface area contributed by atoms with Crippen molar-refractivity contribution in [2.24, 2.45) is 0 Å². The lowest BCUT2D eigenvalue weighted by atomic mass is 10.2. The molecule has 0 atom stereocenters. The molecular formula is C8H9F3N2. The molecule has 0 aliphatic heterocycles. The van der Waals surface area contributed by atoms with E-state index in [4.69, 9.17) is 5.73 Å². The number of alkyl halides is 1. The third-order valence-corrected chi connectivity index (χ3v) is 1.52. The molecule has 2 nitrogen and oxygen atoms in total. The summed E-state index contributed by atoms with van der Waals surface area (Å²) in [7, 11) is 0. The minimum absolute atomic E-state index is 0.0624. The molecule has 0 amide bonds. The largest absolute Gasteiger partial charge is 0.397 e. The molecule has 1 rings (SSSR count). The molecule has 1 aromatic carbocycles. The van der Waals surface area contributed by atoms with Crippen molar-refractivity contribution in [3.8, 4) is 0 Å². The lowest BCUT2D eigenvalue weighted by Crippen LogP contribution is -2.08. The number of hydrogen-bond donors (Lipinski definition) is 2. The molecule has 0 heterocycles. The summed E-state index contributed by atoms with van der Waals surface area (Å²) in [6.45, 7) is -0.764. The summed E-state index contributed by atoms with van der Waals surface area (Å²) in [6.07, 6.45) is 0. The number of benzene rings is 1. The maximum Gasteiger partial charge on any atom is 0.183 e. The zero-order valence-electron chi connectivity index (χ0n) is 6.78. The SMILES string of the molecule is Nc1ccc(F)c(F)c1NCCF. The van der Waals surface area contributed by atoms with E-state index in [1.54, 1.807) is 0 Å². The number of hydrogen-bond acceptors (Lipinski definition) is 2. The molecule has 0 saturated heterocycles. The maximum atomic E-state index is 12.9. The van der Waals surface area contributed by atoms with Gasteiger partial charge in [0, 0.05) is 6.54 Å². The Hall–Kier alpha value is -1.39. The van der Waals surface area contributed by atoms with Gasteiger partial charge in [-0.2, -0.15) is 0 Å². The Bertz CT molecular complexity index is 302. The van der Waals surface area contributed by atoms with Crippen molar-refractivity contribution in [2.75, 3.05) is 24.3 Å². The average Bonchev–Trinajstić information content (AvgIpc) is 2.12. The van der Waals surface area contributed by atoms with E-state index in [0.717, 1.165) is 6.07 Å². The highest BCUT2D eigenvalue weighted by molar-refractivity contribution is 5.66. The molecule has 3 N–H and O–H groups in total. The lowest BCUT2D eigenvalue weighted by molar-refractivity contribution is 0.501. The fourth-order valence-corrected chi connectivity index (χ4v) is 0.917. The van der Waals surface area contributed by atoms with Crippen molar-refractivity contribution in [2.45, 2.75) is 0 Å². The number of nitrogen functional groups attached to an aromatic ring is 1. The van der Waals surface area contributed by atoms with Crippen LogP contribution in [0.5, 0.6) is 0 Å². The summed E-state index contributed by atoms with van der Waals surface area (Å²) in [4.78, 5) is 0. The van der Waals surface area contributed by atoms with Crippen LogP contribution in [0.2, 0.25) is 0 Å². The normalized spacial score (nSPS) is 10.1. The fraction of sp³-hybridized carbons (Fsp3) is 0.250. The van der Waals surface area contributed by atoms with Gasteiger partial charge in [-0.15, -0.1) is 0 Å². The first-order chi connectivity index (χ1) is 6.16. The van der Waals surface area contributed by atoms with E-state index >= 15 is 0 Å². The van der Waals surface area contributed by atoms with Gasteiger partial charge < -0.3 is 11.1 Å². The number of halogens is 3. The molecule has 0 radical (unpaired) electrons. The smallest absolute Gasteiger partial charge is 0.183 e. The van der Waals surface area contributed by atoms with Crippen LogP contribution in [0, 0.1) is 11.6 Å². The van der Waals surface area contributed by atoms with Crippen molar-refractivity contribution < 1.29 is 13.2 Å². The second kappa shape index (κ2) is 4.02. The van der Waals surface area contributed by atoms with Crippen LogP contribution in [0.25, 0.3) is 0 Å². The van der Waals surface area contributed by atoms with E-state index in [9.17, 15) is 13.2 Å². The fourth-order valence-electron chi connectivity index (χ4n) is 0.917. The molecule has 72 valence electrons. The molecule has 0 fully saturated rings. The van der Waals surface area contributed by atoms with Crippen molar-refractivity contribution in [1.82, 2.24) is 0 Å². The van der Waals surface area contributed by atoms with Gasteiger partial charge in [-0.25, -0.2) is 13.2 Å². The molecule has 0 bridgehead atoms.